The molecule has 0 aromatic carbocycles. The Balaban J connectivity index is 1.94. The predicted molar refractivity (Wildman–Crippen MR) is 82.5 cm³/mol. The van der Waals surface area contributed by atoms with Gasteiger partial charge in [0, 0.05) is 39.4 Å². The number of carbonyl (C=O) groups is 1. The molecule has 6 heteroatoms. The van der Waals surface area contributed by atoms with Crippen molar-refractivity contribution in [3.63, 3.8) is 0 Å². The highest BCUT2D eigenvalue weighted by Crippen LogP contribution is 2.25. The Labute approximate surface area is 130 Å². The van der Waals surface area contributed by atoms with Crippen molar-refractivity contribution in [2.24, 2.45) is 0 Å². The molecule has 0 radical (unpaired) electrons. The van der Waals surface area contributed by atoms with E-state index in [2.05, 4.69) is 0 Å². The minimum Gasteiger partial charge on any atom is -0.388 e. The Morgan fingerprint density at radius 1 is 1.45 bits per heavy atom. The zero-order chi connectivity index (χ0) is 16.1. The molecular formula is C16H24N2O4. The Morgan fingerprint density at radius 3 is 2.91 bits per heavy atom. The topological polar surface area (TPSA) is 71.8 Å². The summed E-state index contributed by atoms with van der Waals surface area (Å²) in [6.07, 6.45) is 3.55. The number of methoxy groups -OCH3 is 1. The number of amides is 1. The summed E-state index contributed by atoms with van der Waals surface area (Å²) in [4.78, 5) is 25.5. The van der Waals surface area contributed by atoms with Gasteiger partial charge in [-0.25, -0.2) is 0 Å². The van der Waals surface area contributed by atoms with Gasteiger partial charge in [0.2, 0.25) is 5.91 Å². The van der Waals surface area contributed by atoms with E-state index in [4.69, 9.17) is 4.74 Å². The molecule has 1 aromatic rings. The fraction of sp³-hybridized carbons (Fsp3) is 0.625. The van der Waals surface area contributed by atoms with Crippen LogP contribution < -0.4 is 5.56 Å². The monoisotopic (exact) mass is 308 g/mol. The van der Waals surface area contributed by atoms with Gasteiger partial charge in [-0.15, -0.1) is 0 Å². The summed E-state index contributed by atoms with van der Waals surface area (Å²) in [7, 11) is 3.29. The van der Waals surface area contributed by atoms with Crippen LogP contribution in [0.15, 0.2) is 29.2 Å². The van der Waals surface area contributed by atoms with Crippen LogP contribution in [0.2, 0.25) is 0 Å². The van der Waals surface area contributed by atoms with Gasteiger partial charge in [-0.05, 0) is 25.3 Å². The first-order valence-electron chi connectivity index (χ1n) is 7.66. The highest BCUT2D eigenvalue weighted by molar-refractivity contribution is 5.76. The number of pyridine rings is 1. The minimum atomic E-state index is -0.660. The van der Waals surface area contributed by atoms with Crippen molar-refractivity contribution < 1.29 is 14.6 Å². The van der Waals surface area contributed by atoms with E-state index in [1.54, 1.807) is 37.4 Å². The largest absolute Gasteiger partial charge is 0.388 e. The molecule has 1 aliphatic carbocycles. The lowest BCUT2D eigenvalue weighted by Crippen LogP contribution is -2.52. The summed E-state index contributed by atoms with van der Waals surface area (Å²) >= 11 is 0. The standard InChI is InChI=1S/C16H24N2O4/c1-17(12-6-5-7-13(22-2)16(12)21)14(19)9-11-18-10-4-3-8-15(18)20/h3-4,8,10,12-13,16,21H,5-7,9,11H2,1-2H3/t12-,13-,16-/m1/s1. The zero-order valence-corrected chi connectivity index (χ0v) is 13.1. The van der Waals surface area contributed by atoms with Gasteiger partial charge >= 0.3 is 0 Å². The molecule has 1 aliphatic rings. The Kier molecular flexibility index (Phi) is 5.74. The molecule has 1 saturated carbocycles. The molecule has 122 valence electrons. The summed E-state index contributed by atoms with van der Waals surface area (Å²) in [5.41, 5.74) is -0.116. The van der Waals surface area contributed by atoms with Crippen LogP contribution in [-0.2, 0) is 16.1 Å². The van der Waals surface area contributed by atoms with Gasteiger partial charge in [-0.3, -0.25) is 9.59 Å². The van der Waals surface area contributed by atoms with E-state index in [9.17, 15) is 14.7 Å². The second-order valence-corrected chi connectivity index (χ2v) is 5.75. The van der Waals surface area contributed by atoms with Gasteiger partial charge in [-0.1, -0.05) is 6.07 Å². The minimum absolute atomic E-state index is 0.0726. The van der Waals surface area contributed by atoms with Crippen molar-refractivity contribution in [3.8, 4) is 0 Å². The average Bonchev–Trinajstić information content (AvgIpc) is 2.53. The average molecular weight is 308 g/mol. The van der Waals surface area contributed by atoms with Crippen LogP contribution >= 0.6 is 0 Å². The number of likely N-dealkylation sites (N-methyl/N-ethyl adjacent to an activating group) is 1. The first-order chi connectivity index (χ1) is 10.5. The molecule has 0 unspecified atom stereocenters. The van der Waals surface area contributed by atoms with Crippen LogP contribution in [0.5, 0.6) is 0 Å². The third kappa shape index (κ3) is 3.75. The summed E-state index contributed by atoms with van der Waals surface area (Å²) in [6, 6.07) is 4.70. The fourth-order valence-corrected chi connectivity index (χ4v) is 3.02. The normalized spacial score (nSPS) is 25.0. The lowest BCUT2D eigenvalue weighted by atomic mass is 9.89. The molecule has 1 aromatic heterocycles. The Morgan fingerprint density at radius 2 is 2.23 bits per heavy atom. The van der Waals surface area contributed by atoms with Crippen LogP contribution in [-0.4, -0.2) is 52.9 Å². The first kappa shape index (κ1) is 16.7. The number of carbonyl (C=O) groups excluding carboxylic acids is 1. The van der Waals surface area contributed by atoms with E-state index in [1.165, 1.54) is 10.6 Å². The third-order valence-electron chi connectivity index (χ3n) is 4.42. The number of aromatic nitrogens is 1. The van der Waals surface area contributed by atoms with E-state index in [1.807, 2.05) is 0 Å². The summed E-state index contributed by atoms with van der Waals surface area (Å²) in [6.45, 7) is 0.347. The molecule has 1 N–H and O–H groups in total. The third-order valence-corrected chi connectivity index (χ3v) is 4.42. The number of rotatable bonds is 5. The van der Waals surface area contributed by atoms with Gasteiger partial charge in [-0.2, -0.15) is 0 Å². The lowest BCUT2D eigenvalue weighted by molar-refractivity contribution is -0.140. The van der Waals surface area contributed by atoms with Crippen molar-refractivity contribution in [2.75, 3.05) is 14.2 Å². The molecule has 6 nitrogen and oxygen atoms in total. The number of aliphatic hydroxyl groups excluding tert-OH is 1. The molecule has 1 fully saturated rings. The molecule has 0 spiro atoms. The maximum Gasteiger partial charge on any atom is 0.250 e. The Bertz CT molecular complexity index is 557. The number of ether oxygens (including phenoxy) is 1. The van der Waals surface area contributed by atoms with Crippen LogP contribution in [0.4, 0.5) is 0 Å². The molecule has 1 amide bonds. The highest BCUT2D eigenvalue weighted by Gasteiger charge is 2.35. The number of hydrogen-bond acceptors (Lipinski definition) is 4. The number of aliphatic hydroxyl groups is 1. The molecule has 22 heavy (non-hydrogen) atoms. The van der Waals surface area contributed by atoms with Crippen LogP contribution in [0.1, 0.15) is 25.7 Å². The van der Waals surface area contributed by atoms with Crippen LogP contribution in [0.3, 0.4) is 0 Å². The van der Waals surface area contributed by atoms with Gasteiger partial charge in [0.25, 0.3) is 5.56 Å². The molecule has 0 saturated heterocycles. The molecule has 0 aliphatic heterocycles. The van der Waals surface area contributed by atoms with E-state index >= 15 is 0 Å². The highest BCUT2D eigenvalue weighted by atomic mass is 16.5. The Hall–Kier alpha value is -1.66. The van der Waals surface area contributed by atoms with Crippen molar-refractivity contribution in [1.82, 2.24) is 9.47 Å². The maximum atomic E-state index is 12.3. The van der Waals surface area contributed by atoms with Crippen molar-refractivity contribution in [1.29, 1.82) is 0 Å². The second-order valence-electron chi connectivity index (χ2n) is 5.75. The van der Waals surface area contributed by atoms with Crippen LogP contribution in [0, 0.1) is 0 Å². The van der Waals surface area contributed by atoms with Crippen LogP contribution in [0.25, 0.3) is 0 Å². The predicted octanol–water partition coefficient (Wildman–Crippen LogP) is 0.625. The van der Waals surface area contributed by atoms with Gasteiger partial charge < -0.3 is 19.3 Å². The quantitative estimate of drug-likeness (QED) is 0.866. The van der Waals surface area contributed by atoms with Crippen molar-refractivity contribution >= 4 is 5.91 Å². The molecular weight excluding hydrogens is 284 g/mol. The van der Waals surface area contributed by atoms with E-state index in [0.717, 1.165) is 19.3 Å². The molecule has 3 atom stereocenters. The number of aryl methyl sites for hydroxylation is 1. The number of hydrogen-bond donors (Lipinski definition) is 1. The smallest absolute Gasteiger partial charge is 0.250 e. The van der Waals surface area contributed by atoms with Crippen molar-refractivity contribution in [3.05, 3.63) is 34.7 Å². The van der Waals surface area contributed by atoms with Gasteiger partial charge in [0.15, 0.2) is 0 Å². The van der Waals surface area contributed by atoms with Gasteiger partial charge in [0.05, 0.1) is 12.1 Å². The fourth-order valence-electron chi connectivity index (χ4n) is 3.02. The van der Waals surface area contributed by atoms with E-state index in [0.29, 0.717) is 6.54 Å². The van der Waals surface area contributed by atoms with Gasteiger partial charge in [0.1, 0.15) is 6.10 Å². The maximum absolute atomic E-state index is 12.3. The SMILES string of the molecule is CO[C@@H]1CCC[C@@H](N(C)C(=O)CCn2ccccc2=O)[C@H]1O. The van der Waals surface area contributed by atoms with E-state index in [-0.39, 0.29) is 30.0 Å². The molecule has 1 heterocycles. The summed E-state index contributed by atoms with van der Waals surface area (Å²) in [5, 5.41) is 10.3. The second kappa shape index (κ2) is 7.56. The molecule has 2 rings (SSSR count). The molecule has 0 bridgehead atoms. The zero-order valence-electron chi connectivity index (χ0n) is 13.1. The van der Waals surface area contributed by atoms with E-state index < -0.39 is 6.10 Å². The summed E-state index contributed by atoms with van der Waals surface area (Å²) in [5.74, 6) is -0.0726. The lowest BCUT2D eigenvalue weighted by Gasteiger charge is -2.39. The number of nitrogens with zero attached hydrogens (tertiary/aromatic N) is 2. The van der Waals surface area contributed by atoms with Crippen molar-refractivity contribution in [2.45, 2.75) is 50.5 Å². The first-order valence-corrected chi connectivity index (χ1v) is 7.66. The summed E-state index contributed by atoms with van der Waals surface area (Å²) < 4.78 is 6.79.